The van der Waals surface area contributed by atoms with Gasteiger partial charge in [0.05, 0.1) is 5.54 Å². The van der Waals surface area contributed by atoms with Gasteiger partial charge in [0, 0.05) is 69.2 Å². The van der Waals surface area contributed by atoms with Gasteiger partial charge in [0.2, 0.25) is 0 Å². The Morgan fingerprint density at radius 2 is 1.41 bits per heavy atom. The van der Waals surface area contributed by atoms with E-state index in [1.165, 1.54) is 0 Å². The first kappa shape index (κ1) is 24.4. The molecule has 4 rings (SSSR count). The normalized spacial score (nSPS) is 18.4. The number of Topliss-reactive ketones (excluding diaryl/α,β-unsaturated/α-hetero) is 1. The van der Waals surface area contributed by atoms with Gasteiger partial charge in [-0.3, -0.25) is 9.59 Å². The molecule has 0 saturated carbocycles. The van der Waals surface area contributed by atoms with Crippen LogP contribution in [0.4, 0.5) is 5.69 Å². The van der Waals surface area contributed by atoms with Crippen LogP contribution in [-0.2, 0) is 6.42 Å². The fraction of sp³-hybridized carbons (Fsp3) is 0.481. The quantitative estimate of drug-likeness (QED) is 0.520. The lowest BCUT2D eigenvalue weighted by atomic mass is 9.81. The zero-order chi connectivity index (χ0) is 24.0. The Kier molecular flexibility index (Phi) is 7.98. The summed E-state index contributed by atoms with van der Waals surface area (Å²) >= 11 is 0. The van der Waals surface area contributed by atoms with Gasteiger partial charge in [-0.15, -0.1) is 0 Å². The highest BCUT2D eigenvalue weighted by atomic mass is 16.2. The molecule has 1 amide bonds. The number of nitrogens with one attached hydrogen (secondary N) is 3. The van der Waals surface area contributed by atoms with Crippen molar-refractivity contribution in [2.24, 2.45) is 0 Å². The molecule has 7 heteroatoms. The number of piperazine rings is 2. The summed E-state index contributed by atoms with van der Waals surface area (Å²) in [7, 11) is 1.86. The molecule has 1 atom stereocenters. The van der Waals surface area contributed by atoms with Crippen LogP contribution in [0, 0.1) is 0 Å². The highest BCUT2D eigenvalue weighted by Crippen LogP contribution is 2.25. The number of amides is 1. The first-order valence-corrected chi connectivity index (χ1v) is 12.4. The van der Waals surface area contributed by atoms with Gasteiger partial charge in [-0.25, -0.2) is 0 Å². The lowest BCUT2D eigenvalue weighted by Gasteiger charge is -2.32. The minimum Gasteiger partial charge on any atom is -0.369 e. The Morgan fingerprint density at radius 3 is 1.97 bits per heavy atom. The second-order valence-electron chi connectivity index (χ2n) is 9.21. The van der Waals surface area contributed by atoms with Crippen LogP contribution < -0.4 is 20.9 Å². The van der Waals surface area contributed by atoms with Crippen LogP contribution in [0.5, 0.6) is 0 Å². The number of nitrogens with zero attached hydrogens (tertiary/aromatic N) is 2. The highest BCUT2D eigenvalue weighted by Gasteiger charge is 2.36. The van der Waals surface area contributed by atoms with Gasteiger partial charge < -0.3 is 25.8 Å². The first-order chi connectivity index (χ1) is 16.6. The van der Waals surface area contributed by atoms with E-state index in [0.29, 0.717) is 18.4 Å². The molecule has 2 saturated heterocycles. The SMILES string of the molecule is CCC(Cc1ccc(C(=O)N2CCNCC2)cc1)(NC)C(=O)c1ccc(N2CCNCC2)cc1. The molecular formula is C27H37N5O2. The van der Waals surface area contributed by atoms with Gasteiger partial charge in [0.1, 0.15) is 0 Å². The average molecular weight is 464 g/mol. The predicted octanol–water partition coefficient (Wildman–Crippen LogP) is 1.94. The summed E-state index contributed by atoms with van der Waals surface area (Å²) in [5, 5.41) is 9.97. The van der Waals surface area contributed by atoms with Crippen LogP contribution in [0.25, 0.3) is 0 Å². The van der Waals surface area contributed by atoms with Gasteiger partial charge in [0.25, 0.3) is 5.91 Å². The number of carbonyl (C=O) groups excluding carboxylic acids is 2. The summed E-state index contributed by atoms with van der Waals surface area (Å²) in [6.45, 7) is 9.13. The third-order valence-corrected chi connectivity index (χ3v) is 7.24. The van der Waals surface area contributed by atoms with Gasteiger partial charge >= 0.3 is 0 Å². The van der Waals surface area contributed by atoms with Crippen molar-refractivity contribution in [3.63, 3.8) is 0 Å². The largest absolute Gasteiger partial charge is 0.369 e. The van der Waals surface area contributed by atoms with E-state index in [9.17, 15) is 9.59 Å². The van der Waals surface area contributed by atoms with E-state index in [-0.39, 0.29) is 11.7 Å². The molecule has 0 radical (unpaired) electrons. The maximum Gasteiger partial charge on any atom is 0.253 e. The second-order valence-corrected chi connectivity index (χ2v) is 9.21. The van der Waals surface area contributed by atoms with E-state index < -0.39 is 5.54 Å². The molecule has 182 valence electrons. The average Bonchev–Trinajstić information content (AvgIpc) is 2.92. The molecule has 34 heavy (non-hydrogen) atoms. The molecule has 2 heterocycles. The van der Waals surface area contributed by atoms with Gasteiger partial charge in [-0.05, 0) is 61.9 Å². The number of ketones is 1. The summed E-state index contributed by atoms with van der Waals surface area (Å²) in [5.41, 5.74) is 2.93. The van der Waals surface area contributed by atoms with E-state index >= 15 is 0 Å². The Hall–Kier alpha value is -2.74. The van der Waals surface area contributed by atoms with Crippen molar-refractivity contribution in [3.8, 4) is 0 Å². The van der Waals surface area contributed by atoms with E-state index in [0.717, 1.165) is 69.2 Å². The molecule has 2 aliphatic rings. The minimum atomic E-state index is -0.694. The van der Waals surface area contributed by atoms with E-state index in [1.54, 1.807) is 0 Å². The van der Waals surface area contributed by atoms with Gasteiger partial charge in [-0.2, -0.15) is 0 Å². The van der Waals surface area contributed by atoms with Crippen LogP contribution >= 0.6 is 0 Å². The van der Waals surface area contributed by atoms with E-state index in [4.69, 9.17) is 0 Å². The lowest BCUT2D eigenvalue weighted by molar-refractivity contribution is 0.0735. The zero-order valence-electron chi connectivity index (χ0n) is 20.4. The molecule has 7 nitrogen and oxygen atoms in total. The Labute approximate surface area is 202 Å². The Balaban J connectivity index is 1.47. The van der Waals surface area contributed by atoms with Crippen molar-refractivity contribution >= 4 is 17.4 Å². The van der Waals surface area contributed by atoms with Crippen molar-refractivity contribution in [1.82, 2.24) is 20.9 Å². The molecule has 3 N–H and O–H groups in total. The number of carbonyl (C=O) groups is 2. The van der Waals surface area contributed by atoms with Gasteiger partial charge in [-0.1, -0.05) is 19.1 Å². The van der Waals surface area contributed by atoms with Crippen LogP contribution in [0.15, 0.2) is 48.5 Å². The van der Waals surface area contributed by atoms with Crippen molar-refractivity contribution < 1.29 is 9.59 Å². The number of anilines is 1. The summed E-state index contributed by atoms with van der Waals surface area (Å²) in [6, 6.07) is 15.8. The third kappa shape index (κ3) is 5.32. The van der Waals surface area contributed by atoms with Crippen LogP contribution in [0.2, 0.25) is 0 Å². The van der Waals surface area contributed by atoms with Crippen molar-refractivity contribution in [2.45, 2.75) is 25.3 Å². The highest BCUT2D eigenvalue weighted by molar-refractivity contribution is 6.03. The summed E-state index contributed by atoms with van der Waals surface area (Å²) in [6.07, 6.45) is 1.24. The molecule has 2 fully saturated rings. The lowest BCUT2D eigenvalue weighted by Crippen LogP contribution is -2.51. The smallest absolute Gasteiger partial charge is 0.253 e. The monoisotopic (exact) mass is 463 g/mol. The molecule has 2 aliphatic heterocycles. The minimum absolute atomic E-state index is 0.0732. The standard InChI is InChI=1S/C27H37N5O2/c1-3-27(28-2,25(33)22-8-10-24(11-9-22)31-16-12-29-13-17-31)20-21-4-6-23(7-5-21)26(34)32-18-14-30-15-19-32/h4-11,28-30H,3,12-20H2,1-2H3. The summed E-state index contributed by atoms with van der Waals surface area (Å²) in [4.78, 5) is 30.7. The molecule has 1 unspecified atom stereocenters. The zero-order valence-corrected chi connectivity index (χ0v) is 20.4. The van der Waals surface area contributed by atoms with Crippen LogP contribution in [-0.4, -0.2) is 81.5 Å². The maximum atomic E-state index is 13.6. The van der Waals surface area contributed by atoms with Gasteiger partial charge in [0.15, 0.2) is 5.78 Å². The fourth-order valence-electron chi connectivity index (χ4n) is 4.93. The fourth-order valence-corrected chi connectivity index (χ4v) is 4.93. The second kappa shape index (κ2) is 11.1. The third-order valence-electron chi connectivity index (χ3n) is 7.24. The Morgan fingerprint density at radius 1 is 0.853 bits per heavy atom. The van der Waals surface area contributed by atoms with Crippen LogP contribution in [0.1, 0.15) is 39.6 Å². The molecule has 0 aliphatic carbocycles. The maximum absolute atomic E-state index is 13.6. The predicted molar refractivity (Wildman–Crippen MR) is 137 cm³/mol. The molecule has 2 aromatic rings. The van der Waals surface area contributed by atoms with Crippen molar-refractivity contribution in [1.29, 1.82) is 0 Å². The molecule has 0 bridgehead atoms. The number of hydrogen-bond donors (Lipinski definition) is 3. The van der Waals surface area contributed by atoms with Crippen molar-refractivity contribution in [3.05, 3.63) is 65.2 Å². The van der Waals surface area contributed by atoms with E-state index in [1.807, 2.05) is 55.3 Å². The molecular weight excluding hydrogens is 426 g/mol. The molecule has 0 aromatic heterocycles. The van der Waals surface area contributed by atoms with Crippen LogP contribution in [0.3, 0.4) is 0 Å². The topological polar surface area (TPSA) is 76.7 Å². The number of rotatable bonds is 8. The van der Waals surface area contributed by atoms with Crippen molar-refractivity contribution in [2.75, 3.05) is 64.3 Å². The molecule has 0 spiro atoms. The van der Waals surface area contributed by atoms with E-state index in [2.05, 4.69) is 33.0 Å². The number of hydrogen-bond acceptors (Lipinski definition) is 6. The first-order valence-electron chi connectivity index (χ1n) is 12.4. The number of benzene rings is 2. The summed E-state index contributed by atoms with van der Waals surface area (Å²) in [5.74, 6) is 0.175. The number of likely N-dealkylation sites (N-methyl/N-ethyl adjacent to an activating group) is 1. The molecule has 2 aromatic carbocycles. The summed E-state index contributed by atoms with van der Waals surface area (Å²) < 4.78 is 0. The Bertz CT molecular complexity index is 958.